The number of aromatic nitrogens is 3. The first-order chi connectivity index (χ1) is 26.1. The summed E-state index contributed by atoms with van der Waals surface area (Å²) in [6.45, 7) is 18.9. The van der Waals surface area contributed by atoms with Crippen molar-refractivity contribution in [2.45, 2.75) is 120 Å². The van der Waals surface area contributed by atoms with Gasteiger partial charge in [0.1, 0.15) is 5.82 Å². The molecule has 0 amide bonds. The largest absolute Gasteiger partial charge is 4.00 e. The third-order valence-electron chi connectivity index (χ3n) is 10.6. The van der Waals surface area contributed by atoms with Crippen LogP contribution in [0, 0.1) is 0 Å². The van der Waals surface area contributed by atoms with E-state index in [-0.39, 0.29) is 22.4 Å². The fourth-order valence-electron chi connectivity index (χ4n) is 8.47. The minimum atomic E-state index is -6.09. The summed E-state index contributed by atoms with van der Waals surface area (Å²) in [5.74, 6) is 1.19. The van der Waals surface area contributed by atoms with Crippen molar-refractivity contribution < 1.29 is 69.4 Å². The van der Waals surface area contributed by atoms with Gasteiger partial charge in [0.2, 0.25) is 0 Å². The number of benzene rings is 1. The van der Waals surface area contributed by atoms with Crippen LogP contribution < -0.4 is 5.19 Å². The van der Waals surface area contributed by atoms with Crippen LogP contribution in [-0.4, -0.2) is 99.9 Å². The Labute approximate surface area is 359 Å². The van der Waals surface area contributed by atoms with Crippen LogP contribution in [-0.2, 0) is 57.4 Å². The first-order valence-electron chi connectivity index (χ1n) is 18.1. The molecule has 0 radical (unpaired) electrons. The number of hydrogen-bond acceptors (Lipinski definition) is 10. The summed E-state index contributed by atoms with van der Waals surface area (Å²) in [7, 11) is -11.7. The second-order valence-corrected chi connectivity index (χ2v) is 24.2. The minimum Gasteiger partial charge on any atom is -0.741 e. The van der Waals surface area contributed by atoms with E-state index in [1.807, 2.05) is 0 Å². The number of para-hydroxylation sites is 2. The molecule has 3 aromatic rings. The van der Waals surface area contributed by atoms with Gasteiger partial charge in [-0.3, -0.25) is 14.8 Å². The normalized spacial score (nSPS) is 18.3. The van der Waals surface area contributed by atoms with Gasteiger partial charge in [0.05, 0.1) is 36.7 Å². The molecule has 0 saturated carbocycles. The first kappa shape index (κ1) is 54.5. The topological polar surface area (TPSA) is 152 Å². The average Bonchev–Trinajstić information content (AvgIpc) is 3.80. The van der Waals surface area contributed by atoms with Gasteiger partial charge in [-0.15, -0.1) is 23.2 Å². The van der Waals surface area contributed by atoms with Gasteiger partial charge in [0.15, 0.2) is 20.2 Å². The van der Waals surface area contributed by atoms with Crippen LogP contribution in [0.25, 0.3) is 11.0 Å². The molecular formula is C35H51Cl2F6FeN5O6S2Si+2. The van der Waals surface area contributed by atoms with Crippen molar-refractivity contribution in [3.8, 4) is 0 Å². The molecule has 58 heavy (non-hydrogen) atoms. The van der Waals surface area contributed by atoms with Gasteiger partial charge in [-0.25, -0.2) is 21.8 Å². The van der Waals surface area contributed by atoms with Crippen molar-refractivity contribution in [3.63, 3.8) is 0 Å². The molecule has 2 fully saturated rings. The molecule has 0 N–H and O–H groups in total. The first-order valence-corrected chi connectivity index (χ1v) is 24.3. The number of nitrogens with zero attached hydrogens (tertiary/aromatic N) is 5. The van der Waals surface area contributed by atoms with Crippen LogP contribution in [0.1, 0.15) is 78.7 Å². The SMILES string of the molecule is CC(C)[Si](c1ccc(CN2CCC[C@H]2[C@@H]2CCCN2Cc2nc3ccccc3n2C)nc1)(C(C)C)C(C)C.ClCCl.O=S(=O)([O-])C(F)(F)F.O=S(=O)([O-])C(F)(F)F.[Fe+4]. The van der Waals surface area contributed by atoms with Crippen LogP contribution in [0.2, 0.25) is 16.6 Å². The summed E-state index contributed by atoms with van der Waals surface area (Å²) in [4.78, 5) is 15.5. The number of fused-ring (bicyclic) bond motifs is 1. The number of likely N-dealkylation sites (tertiary alicyclic amines) is 2. The maximum absolute atomic E-state index is 10.7. The molecule has 4 heterocycles. The predicted octanol–water partition coefficient (Wildman–Crippen LogP) is 8.00. The Morgan fingerprint density at radius 3 is 1.55 bits per heavy atom. The average molecular weight is 971 g/mol. The predicted molar refractivity (Wildman–Crippen MR) is 211 cm³/mol. The zero-order valence-electron chi connectivity index (χ0n) is 33.2. The van der Waals surface area contributed by atoms with Gasteiger partial charge in [0.25, 0.3) is 0 Å². The van der Waals surface area contributed by atoms with Crippen molar-refractivity contribution in [2.75, 3.05) is 18.4 Å². The molecule has 23 heteroatoms. The van der Waals surface area contributed by atoms with E-state index in [2.05, 4.69) is 106 Å². The molecule has 2 aliphatic heterocycles. The standard InChI is InChI=1S/C32H49N5Si.CH2Cl2.2CHF3O3S.Fe/c1-23(2)38(24(3)4,25(5)6)27-17-16-26(33-20-27)21-36-18-10-14-30(36)31-15-11-19-37(31)22-32-34-28-12-8-9-13-29(28)35(32)7;2-1-3;2*2-1(3,4)8(5,6)7;/h8-9,12-13,16-17,20,23-25,30-31H,10-11,14-15,18-19,21-22H2,1-7H3;1H2;2*(H,5,6,7);/q;;;;+4/p-2/t30-,31-;;;;/m0..../s1. The molecule has 2 aliphatic rings. The van der Waals surface area contributed by atoms with Gasteiger partial charge < -0.3 is 13.7 Å². The molecule has 2 aromatic heterocycles. The summed E-state index contributed by atoms with van der Waals surface area (Å²) >= 11 is 9.53. The third-order valence-corrected chi connectivity index (χ3v) is 18.8. The van der Waals surface area contributed by atoms with Gasteiger partial charge in [-0.2, -0.15) is 26.3 Å². The Morgan fingerprint density at radius 2 is 1.19 bits per heavy atom. The Morgan fingerprint density at radius 1 is 0.776 bits per heavy atom. The van der Waals surface area contributed by atoms with Crippen LogP contribution >= 0.6 is 23.2 Å². The molecule has 2 atom stereocenters. The van der Waals surface area contributed by atoms with E-state index in [4.69, 9.17) is 59.1 Å². The maximum Gasteiger partial charge on any atom is 4.00 e. The Bertz CT molecular complexity index is 1880. The molecule has 0 unspecified atom stereocenters. The monoisotopic (exact) mass is 969 g/mol. The van der Waals surface area contributed by atoms with Crippen molar-refractivity contribution in [1.29, 1.82) is 0 Å². The number of aryl methyl sites for hydroxylation is 1. The van der Waals surface area contributed by atoms with Gasteiger partial charge >= 0.3 is 28.1 Å². The third kappa shape index (κ3) is 14.0. The Kier molecular flexibility index (Phi) is 21.2. The summed E-state index contributed by atoms with van der Waals surface area (Å²) < 4.78 is 120. The molecule has 2 saturated heterocycles. The van der Waals surface area contributed by atoms with Gasteiger partial charge in [0, 0.05) is 31.9 Å². The summed E-state index contributed by atoms with van der Waals surface area (Å²) in [5.41, 5.74) is -5.58. The van der Waals surface area contributed by atoms with E-state index in [0.29, 0.717) is 28.7 Å². The summed E-state index contributed by atoms with van der Waals surface area (Å²) in [6.07, 6.45) is 7.44. The minimum absolute atomic E-state index is 0. The molecule has 1 aromatic carbocycles. The Balaban J connectivity index is 0.000000701. The smallest absolute Gasteiger partial charge is 0.741 e. The van der Waals surface area contributed by atoms with Crippen LogP contribution in [0.5, 0.6) is 0 Å². The number of hydrogen-bond donors (Lipinski definition) is 0. The summed E-state index contributed by atoms with van der Waals surface area (Å²) in [5, 5.41) is 1.74. The number of imidazole rings is 1. The molecule has 0 spiro atoms. The van der Waals surface area contributed by atoms with Crippen LogP contribution in [0.3, 0.4) is 0 Å². The second kappa shape index (κ2) is 22.5. The number of rotatable bonds is 9. The van der Waals surface area contributed by atoms with E-state index in [1.54, 1.807) is 5.19 Å². The van der Waals surface area contributed by atoms with E-state index in [9.17, 15) is 26.3 Å². The number of halogens is 8. The molecule has 330 valence electrons. The molecular weight excluding hydrogens is 919 g/mol. The maximum atomic E-state index is 10.7. The van der Waals surface area contributed by atoms with E-state index in [0.717, 1.165) is 18.6 Å². The van der Waals surface area contributed by atoms with Crippen molar-refractivity contribution in [1.82, 2.24) is 24.3 Å². The quantitative estimate of drug-likeness (QED) is 0.0679. The van der Waals surface area contributed by atoms with Crippen molar-refractivity contribution in [2.24, 2.45) is 7.05 Å². The van der Waals surface area contributed by atoms with E-state index in [1.165, 1.54) is 55.8 Å². The van der Waals surface area contributed by atoms with Crippen LogP contribution in [0.4, 0.5) is 26.3 Å². The number of alkyl halides is 8. The van der Waals surface area contributed by atoms with Crippen molar-refractivity contribution >= 4 is 67.7 Å². The number of pyridine rings is 1. The van der Waals surface area contributed by atoms with Gasteiger partial charge in [-0.05, 0) is 78.8 Å². The second-order valence-electron chi connectivity index (χ2n) is 14.8. The molecule has 5 rings (SSSR count). The molecule has 0 bridgehead atoms. The zero-order valence-corrected chi connectivity index (χ0v) is 38.4. The molecule has 0 aliphatic carbocycles. The van der Waals surface area contributed by atoms with E-state index < -0.39 is 39.3 Å². The molecule has 11 nitrogen and oxygen atoms in total. The fraction of sp³-hybridized carbons (Fsp3) is 0.657. The van der Waals surface area contributed by atoms with Crippen molar-refractivity contribution in [3.05, 3.63) is 54.1 Å². The fourth-order valence-corrected chi connectivity index (χ4v) is 15.1. The van der Waals surface area contributed by atoms with E-state index >= 15 is 0 Å². The van der Waals surface area contributed by atoms with Crippen LogP contribution in [0.15, 0.2) is 42.6 Å². The summed E-state index contributed by atoms with van der Waals surface area (Å²) in [6, 6.07) is 14.5. The van der Waals surface area contributed by atoms with Gasteiger partial charge in [-0.1, -0.05) is 59.7 Å². The zero-order chi connectivity index (χ0) is 43.7. The Hall–Kier alpha value is -1.52.